The third-order valence-electron chi connectivity index (χ3n) is 2.92. The number of hydrogen-bond donors (Lipinski definition) is 1. The summed E-state index contributed by atoms with van der Waals surface area (Å²) in [5.74, 6) is -0.889. The largest absolute Gasteiger partial charge is 0.481 e. The minimum Gasteiger partial charge on any atom is -0.481 e. The molecule has 0 aliphatic rings. The molecule has 0 saturated heterocycles. The van der Waals surface area contributed by atoms with Crippen molar-refractivity contribution in [1.82, 2.24) is 14.5 Å². The second kappa shape index (κ2) is 6.23. The zero-order valence-corrected chi connectivity index (χ0v) is 12.5. The first-order valence-corrected chi connectivity index (χ1v) is 7.20. The van der Waals surface area contributed by atoms with Gasteiger partial charge in [0.15, 0.2) is 10.8 Å². The van der Waals surface area contributed by atoms with Crippen LogP contribution in [-0.4, -0.2) is 45.1 Å². The molecule has 0 aliphatic carbocycles. The average Bonchev–Trinajstić information content (AvgIpc) is 2.76. The predicted molar refractivity (Wildman–Crippen MR) is 77.2 cm³/mol. The molecule has 108 valence electrons. The lowest BCUT2D eigenvalue weighted by molar-refractivity contribution is -0.133. The molecular formula is C13H17N3O3S. The van der Waals surface area contributed by atoms with Crippen LogP contribution in [0.4, 0.5) is 0 Å². The maximum Gasteiger partial charge on any atom is 0.313 e. The van der Waals surface area contributed by atoms with E-state index >= 15 is 0 Å². The van der Waals surface area contributed by atoms with E-state index in [-0.39, 0.29) is 11.8 Å². The van der Waals surface area contributed by atoms with Crippen LogP contribution in [0.25, 0.3) is 11.2 Å². The second-order valence-electron chi connectivity index (χ2n) is 4.55. The number of hydrogen-bond acceptors (Lipinski definition) is 5. The topological polar surface area (TPSA) is 77.2 Å². The summed E-state index contributed by atoms with van der Waals surface area (Å²) in [6.07, 6.45) is 1.74. The van der Waals surface area contributed by atoms with Gasteiger partial charge in [0.1, 0.15) is 5.52 Å². The van der Waals surface area contributed by atoms with Crippen molar-refractivity contribution in [3.63, 3.8) is 0 Å². The normalized spacial score (nSPS) is 12.8. The number of fused-ring (bicyclic) bond motifs is 1. The quantitative estimate of drug-likeness (QED) is 0.823. The van der Waals surface area contributed by atoms with Crippen molar-refractivity contribution in [2.45, 2.75) is 25.0 Å². The Hall–Kier alpha value is -1.60. The zero-order valence-electron chi connectivity index (χ0n) is 11.7. The second-order valence-corrected chi connectivity index (χ2v) is 5.49. The molecule has 0 radical (unpaired) electrons. The summed E-state index contributed by atoms with van der Waals surface area (Å²) in [6, 6.07) is 1.93. The van der Waals surface area contributed by atoms with E-state index in [1.54, 1.807) is 13.3 Å². The Kier molecular flexibility index (Phi) is 4.61. The zero-order chi connectivity index (χ0) is 14.7. The highest BCUT2D eigenvalue weighted by molar-refractivity contribution is 7.99. The molecular weight excluding hydrogens is 278 g/mol. The number of aliphatic carboxylic acids is 1. The number of carbonyl (C=O) groups is 1. The van der Waals surface area contributed by atoms with Gasteiger partial charge < -0.3 is 9.84 Å². The van der Waals surface area contributed by atoms with E-state index in [1.165, 1.54) is 11.8 Å². The van der Waals surface area contributed by atoms with E-state index in [0.29, 0.717) is 11.8 Å². The molecule has 0 fully saturated rings. The van der Waals surface area contributed by atoms with Crippen LogP contribution in [0.15, 0.2) is 17.4 Å². The van der Waals surface area contributed by atoms with E-state index < -0.39 is 5.97 Å². The number of carboxylic acids is 1. The first kappa shape index (κ1) is 14.8. The Bertz CT molecular complexity index is 627. The Morgan fingerprint density at radius 2 is 2.35 bits per heavy atom. The maximum absolute atomic E-state index is 10.8. The van der Waals surface area contributed by atoms with Crippen LogP contribution < -0.4 is 0 Å². The molecule has 20 heavy (non-hydrogen) atoms. The maximum atomic E-state index is 10.8. The van der Waals surface area contributed by atoms with Gasteiger partial charge in [-0.15, -0.1) is 0 Å². The van der Waals surface area contributed by atoms with Gasteiger partial charge in [-0.05, 0) is 25.5 Å². The molecule has 2 aromatic heterocycles. The highest BCUT2D eigenvalue weighted by Crippen LogP contribution is 2.28. The number of thioether (sulfide) groups is 1. The van der Waals surface area contributed by atoms with Crippen LogP contribution in [0.2, 0.25) is 0 Å². The number of aromatic nitrogens is 3. The van der Waals surface area contributed by atoms with Crippen LogP contribution in [0.3, 0.4) is 0 Å². The highest BCUT2D eigenvalue weighted by atomic mass is 32.2. The molecule has 2 rings (SSSR count). The molecule has 2 aromatic rings. The molecule has 2 heterocycles. The minimum absolute atomic E-state index is 0.0257. The van der Waals surface area contributed by atoms with Gasteiger partial charge in [0.05, 0.1) is 18.4 Å². The molecule has 1 unspecified atom stereocenters. The molecule has 0 saturated carbocycles. The van der Waals surface area contributed by atoms with Crippen molar-refractivity contribution < 1.29 is 14.6 Å². The summed E-state index contributed by atoms with van der Waals surface area (Å²) in [7, 11) is 1.64. The summed E-state index contributed by atoms with van der Waals surface area (Å²) in [4.78, 5) is 19.7. The van der Waals surface area contributed by atoms with Crippen LogP contribution in [0.5, 0.6) is 0 Å². The predicted octanol–water partition coefficient (Wildman–Crippen LogP) is 2.12. The van der Waals surface area contributed by atoms with Crippen LogP contribution >= 0.6 is 11.8 Å². The van der Waals surface area contributed by atoms with Crippen molar-refractivity contribution in [2.24, 2.45) is 0 Å². The molecule has 0 spiro atoms. The fourth-order valence-corrected chi connectivity index (χ4v) is 2.85. The van der Waals surface area contributed by atoms with Crippen molar-refractivity contribution in [3.05, 3.63) is 17.8 Å². The Morgan fingerprint density at radius 3 is 3.00 bits per heavy atom. The third-order valence-corrected chi connectivity index (χ3v) is 3.86. The van der Waals surface area contributed by atoms with E-state index in [9.17, 15) is 4.79 Å². The first-order valence-electron chi connectivity index (χ1n) is 6.21. The molecule has 6 nitrogen and oxygen atoms in total. The van der Waals surface area contributed by atoms with Gasteiger partial charge in [0.2, 0.25) is 0 Å². The fourth-order valence-electron chi connectivity index (χ4n) is 2.03. The molecule has 0 aromatic carbocycles. The van der Waals surface area contributed by atoms with E-state index in [1.807, 2.05) is 24.5 Å². The summed E-state index contributed by atoms with van der Waals surface area (Å²) in [5, 5.41) is 9.50. The minimum atomic E-state index is -0.863. The Balaban J connectivity index is 2.50. The number of rotatable bonds is 6. The number of aryl methyl sites for hydroxylation is 1. The monoisotopic (exact) mass is 295 g/mol. The highest BCUT2D eigenvalue weighted by Gasteiger charge is 2.19. The van der Waals surface area contributed by atoms with Crippen molar-refractivity contribution in [3.8, 4) is 0 Å². The summed E-state index contributed by atoms with van der Waals surface area (Å²) >= 11 is 1.20. The molecule has 7 heteroatoms. The van der Waals surface area contributed by atoms with E-state index in [0.717, 1.165) is 16.7 Å². The van der Waals surface area contributed by atoms with Gasteiger partial charge in [-0.2, -0.15) is 0 Å². The lowest BCUT2D eigenvalue weighted by Crippen LogP contribution is -2.13. The Labute approximate surface area is 121 Å². The van der Waals surface area contributed by atoms with Crippen molar-refractivity contribution in [2.75, 3.05) is 19.5 Å². The van der Waals surface area contributed by atoms with Gasteiger partial charge in [-0.1, -0.05) is 11.8 Å². The number of imidazole rings is 1. The van der Waals surface area contributed by atoms with Gasteiger partial charge in [-0.25, -0.2) is 9.97 Å². The van der Waals surface area contributed by atoms with Gasteiger partial charge >= 0.3 is 5.97 Å². The van der Waals surface area contributed by atoms with Crippen molar-refractivity contribution >= 4 is 28.9 Å². The lowest BCUT2D eigenvalue weighted by Gasteiger charge is -2.15. The number of pyridine rings is 1. The summed E-state index contributed by atoms with van der Waals surface area (Å²) in [5.41, 5.74) is 2.60. The fraction of sp³-hybridized carbons (Fsp3) is 0.462. The molecule has 1 atom stereocenters. The standard InChI is InChI=1S/C13H17N3O3S/c1-8-4-5-14-12-11(8)15-13(20-7-10(17)18)16(12)9(2)6-19-3/h4-5,9H,6-7H2,1-3H3,(H,17,18). The summed E-state index contributed by atoms with van der Waals surface area (Å²) < 4.78 is 7.13. The molecule has 0 aliphatic heterocycles. The van der Waals surface area contributed by atoms with E-state index in [2.05, 4.69) is 9.97 Å². The van der Waals surface area contributed by atoms with Crippen LogP contribution in [0, 0.1) is 6.92 Å². The van der Waals surface area contributed by atoms with Gasteiger partial charge in [0.25, 0.3) is 0 Å². The van der Waals surface area contributed by atoms with Gasteiger partial charge in [0, 0.05) is 13.3 Å². The van der Waals surface area contributed by atoms with Crippen molar-refractivity contribution in [1.29, 1.82) is 0 Å². The molecule has 1 N–H and O–H groups in total. The number of ether oxygens (including phenoxy) is 1. The smallest absolute Gasteiger partial charge is 0.313 e. The summed E-state index contributed by atoms with van der Waals surface area (Å²) in [6.45, 7) is 4.48. The molecule has 0 amide bonds. The van der Waals surface area contributed by atoms with Crippen LogP contribution in [-0.2, 0) is 9.53 Å². The number of carboxylic acid groups (broad SMARTS) is 1. The molecule has 0 bridgehead atoms. The SMILES string of the molecule is COCC(C)n1c(SCC(=O)O)nc2c(C)ccnc21. The third kappa shape index (κ3) is 2.94. The lowest BCUT2D eigenvalue weighted by atomic mass is 10.2. The average molecular weight is 295 g/mol. The van der Waals surface area contributed by atoms with E-state index in [4.69, 9.17) is 9.84 Å². The Morgan fingerprint density at radius 1 is 1.60 bits per heavy atom. The van der Waals surface area contributed by atoms with Gasteiger partial charge in [-0.3, -0.25) is 9.36 Å². The number of nitrogens with zero attached hydrogens (tertiary/aromatic N) is 3. The first-order chi connectivity index (χ1) is 9.54. The number of methoxy groups -OCH3 is 1. The van der Waals surface area contributed by atoms with Crippen LogP contribution in [0.1, 0.15) is 18.5 Å².